The summed E-state index contributed by atoms with van der Waals surface area (Å²) >= 11 is 1.48. The number of H-pyrrole nitrogens is 1. The third kappa shape index (κ3) is 2.47. The monoisotopic (exact) mass is 346 g/mol. The number of ether oxygens (including phenoxy) is 1. The van der Waals surface area contributed by atoms with Crippen molar-refractivity contribution in [1.82, 2.24) is 20.5 Å². The normalized spacial score (nSPS) is 17.0. The number of aromatic nitrogens is 3. The predicted octanol–water partition coefficient (Wildman–Crippen LogP) is 2.59. The van der Waals surface area contributed by atoms with Gasteiger partial charge in [-0.05, 0) is 12.1 Å². The highest BCUT2D eigenvalue weighted by atomic mass is 32.1. The van der Waals surface area contributed by atoms with Crippen molar-refractivity contribution in [1.29, 1.82) is 0 Å². The topological polar surface area (TPSA) is 79.9 Å². The van der Waals surface area contributed by atoms with Crippen LogP contribution < -0.4 is 5.32 Å². The van der Waals surface area contributed by atoms with Crippen LogP contribution in [0.2, 0.25) is 0 Å². The fourth-order valence-corrected chi connectivity index (χ4v) is 3.87. The standard InChI is InChI=1S/C16H15FN4O2S/c17-13-10(1-2-12-11(13)9-19-21-12)14(22)20-16(3-6-23-7-4-16)15-18-5-8-24-15/h1-2,5,8-9H,3-4,6-7H2,(H,19,21)(H,20,22). The molecule has 0 atom stereocenters. The Morgan fingerprint density at radius 1 is 1.38 bits per heavy atom. The van der Waals surface area contributed by atoms with Crippen molar-refractivity contribution in [2.75, 3.05) is 13.2 Å². The van der Waals surface area contributed by atoms with Gasteiger partial charge in [0.15, 0.2) is 0 Å². The molecule has 8 heteroatoms. The maximum Gasteiger partial charge on any atom is 0.255 e. The zero-order chi connectivity index (χ0) is 16.6. The lowest BCUT2D eigenvalue weighted by atomic mass is 9.90. The summed E-state index contributed by atoms with van der Waals surface area (Å²) in [7, 11) is 0. The summed E-state index contributed by atoms with van der Waals surface area (Å²) in [5, 5.41) is 12.5. The van der Waals surface area contributed by atoms with Gasteiger partial charge in [-0.25, -0.2) is 9.37 Å². The molecule has 3 aromatic rings. The van der Waals surface area contributed by atoms with Crippen molar-refractivity contribution in [2.24, 2.45) is 0 Å². The Hall–Kier alpha value is -2.32. The van der Waals surface area contributed by atoms with Crippen molar-refractivity contribution in [3.8, 4) is 0 Å². The molecule has 1 amide bonds. The van der Waals surface area contributed by atoms with Crippen LogP contribution in [0.15, 0.2) is 29.9 Å². The first-order chi connectivity index (χ1) is 11.7. The van der Waals surface area contributed by atoms with E-state index in [0.29, 0.717) is 37.0 Å². The maximum absolute atomic E-state index is 14.6. The van der Waals surface area contributed by atoms with Gasteiger partial charge in [0.05, 0.1) is 28.2 Å². The van der Waals surface area contributed by atoms with Crippen LogP contribution in [0.4, 0.5) is 4.39 Å². The number of halogens is 1. The van der Waals surface area contributed by atoms with Gasteiger partial charge in [-0.2, -0.15) is 5.10 Å². The Morgan fingerprint density at radius 3 is 2.96 bits per heavy atom. The molecule has 4 rings (SSSR count). The number of hydrogen-bond acceptors (Lipinski definition) is 5. The quantitative estimate of drug-likeness (QED) is 0.764. The van der Waals surface area contributed by atoms with Gasteiger partial charge in [-0.3, -0.25) is 9.89 Å². The molecule has 1 fully saturated rings. The Bertz CT molecular complexity index is 871. The molecule has 0 saturated carbocycles. The number of nitrogens with zero attached hydrogens (tertiary/aromatic N) is 2. The van der Waals surface area contributed by atoms with Gasteiger partial charge >= 0.3 is 0 Å². The van der Waals surface area contributed by atoms with Crippen LogP contribution in [0.3, 0.4) is 0 Å². The van der Waals surface area contributed by atoms with E-state index >= 15 is 0 Å². The minimum atomic E-state index is -0.610. The zero-order valence-electron chi connectivity index (χ0n) is 12.7. The highest BCUT2D eigenvalue weighted by Gasteiger charge is 2.39. The SMILES string of the molecule is O=C(NC1(c2nccs2)CCOCC1)c1ccc2[nH]ncc2c1F. The molecule has 0 spiro atoms. The number of rotatable bonds is 3. The van der Waals surface area contributed by atoms with Crippen LogP contribution in [-0.4, -0.2) is 34.3 Å². The van der Waals surface area contributed by atoms with Crippen molar-refractivity contribution in [3.63, 3.8) is 0 Å². The van der Waals surface area contributed by atoms with Crippen LogP contribution in [0, 0.1) is 5.82 Å². The highest BCUT2D eigenvalue weighted by molar-refractivity contribution is 7.09. The lowest BCUT2D eigenvalue weighted by Crippen LogP contribution is -2.49. The first-order valence-electron chi connectivity index (χ1n) is 7.61. The van der Waals surface area contributed by atoms with Crippen LogP contribution in [-0.2, 0) is 10.3 Å². The van der Waals surface area contributed by atoms with E-state index < -0.39 is 17.3 Å². The average Bonchev–Trinajstić information content (AvgIpc) is 3.28. The number of hydrogen-bond donors (Lipinski definition) is 2. The first kappa shape index (κ1) is 15.2. The molecule has 3 heterocycles. The van der Waals surface area contributed by atoms with E-state index in [1.165, 1.54) is 23.6 Å². The largest absolute Gasteiger partial charge is 0.381 e. The van der Waals surface area contributed by atoms with Gasteiger partial charge < -0.3 is 10.1 Å². The van der Waals surface area contributed by atoms with Crippen molar-refractivity contribution < 1.29 is 13.9 Å². The fraction of sp³-hybridized carbons (Fsp3) is 0.312. The number of carbonyl (C=O) groups is 1. The molecule has 124 valence electrons. The Morgan fingerprint density at radius 2 is 2.21 bits per heavy atom. The number of fused-ring (bicyclic) bond motifs is 1. The summed E-state index contributed by atoms with van der Waals surface area (Å²) < 4.78 is 20.0. The first-order valence-corrected chi connectivity index (χ1v) is 8.49. The van der Waals surface area contributed by atoms with E-state index in [1.54, 1.807) is 12.3 Å². The summed E-state index contributed by atoms with van der Waals surface area (Å²) in [6, 6.07) is 3.13. The smallest absolute Gasteiger partial charge is 0.255 e. The number of thiazole rings is 1. The molecule has 0 unspecified atom stereocenters. The van der Waals surface area contributed by atoms with Gasteiger partial charge in [0.1, 0.15) is 10.8 Å². The molecule has 1 aliphatic heterocycles. The molecule has 6 nitrogen and oxygen atoms in total. The lowest BCUT2D eigenvalue weighted by molar-refractivity contribution is 0.0343. The minimum absolute atomic E-state index is 0.00585. The number of carbonyl (C=O) groups excluding carboxylic acids is 1. The number of amides is 1. The molecule has 0 radical (unpaired) electrons. The van der Waals surface area contributed by atoms with Crippen LogP contribution in [0.25, 0.3) is 10.9 Å². The van der Waals surface area contributed by atoms with Crippen LogP contribution >= 0.6 is 11.3 Å². The van der Waals surface area contributed by atoms with E-state index in [1.807, 2.05) is 5.38 Å². The Balaban J connectivity index is 1.69. The fourth-order valence-electron chi connectivity index (χ4n) is 3.02. The molecule has 1 saturated heterocycles. The predicted molar refractivity (Wildman–Crippen MR) is 87.4 cm³/mol. The molecule has 0 aliphatic carbocycles. The maximum atomic E-state index is 14.6. The van der Waals surface area contributed by atoms with E-state index in [-0.39, 0.29) is 5.56 Å². The second-order valence-electron chi connectivity index (χ2n) is 5.74. The Kier molecular flexibility index (Phi) is 3.78. The molecule has 1 aliphatic rings. The molecule has 2 aromatic heterocycles. The van der Waals surface area contributed by atoms with Gasteiger partial charge in [0.2, 0.25) is 0 Å². The molecular formula is C16H15FN4O2S. The van der Waals surface area contributed by atoms with Crippen LogP contribution in [0.1, 0.15) is 28.2 Å². The average molecular weight is 346 g/mol. The van der Waals surface area contributed by atoms with Gasteiger partial charge in [0.25, 0.3) is 5.91 Å². The Labute approximate surface area is 141 Å². The second kappa shape index (κ2) is 5.95. The van der Waals surface area contributed by atoms with Gasteiger partial charge in [-0.15, -0.1) is 11.3 Å². The molecule has 1 aromatic carbocycles. The van der Waals surface area contributed by atoms with E-state index in [0.717, 1.165) is 5.01 Å². The highest BCUT2D eigenvalue weighted by Crippen LogP contribution is 2.34. The van der Waals surface area contributed by atoms with E-state index in [2.05, 4.69) is 20.5 Å². The molecule has 2 N–H and O–H groups in total. The minimum Gasteiger partial charge on any atom is -0.381 e. The van der Waals surface area contributed by atoms with Crippen molar-refractivity contribution >= 4 is 28.1 Å². The third-order valence-electron chi connectivity index (χ3n) is 4.34. The number of nitrogens with one attached hydrogen (secondary N) is 2. The summed E-state index contributed by atoms with van der Waals surface area (Å²) in [4.78, 5) is 17.1. The summed E-state index contributed by atoms with van der Waals surface area (Å²) in [5.41, 5.74) is -0.0440. The lowest BCUT2D eigenvalue weighted by Gasteiger charge is -2.36. The second-order valence-corrected chi connectivity index (χ2v) is 6.64. The summed E-state index contributed by atoms with van der Waals surface area (Å²) in [6.45, 7) is 1.06. The number of benzene rings is 1. The van der Waals surface area contributed by atoms with Crippen molar-refractivity contribution in [3.05, 3.63) is 46.3 Å². The van der Waals surface area contributed by atoms with Crippen LogP contribution in [0.5, 0.6) is 0 Å². The molecule has 24 heavy (non-hydrogen) atoms. The van der Waals surface area contributed by atoms with E-state index in [9.17, 15) is 9.18 Å². The summed E-state index contributed by atoms with van der Waals surface area (Å²) in [5.74, 6) is -1.02. The van der Waals surface area contributed by atoms with Gasteiger partial charge in [-0.1, -0.05) is 0 Å². The summed E-state index contributed by atoms with van der Waals surface area (Å²) in [6.07, 6.45) is 4.32. The van der Waals surface area contributed by atoms with Gasteiger partial charge in [0, 0.05) is 37.6 Å². The van der Waals surface area contributed by atoms with E-state index in [4.69, 9.17) is 4.74 Å². The zero-order valence-corrected chi connectivity index (χ0v) is 13.5. The molecule has 0 bridgehead atoms. The molecular weight excluding hydrogens is 331 g/mol. The number of aromatic amines is 1. The van der Waals surface area contributed by atoms with Crippen molar-refractivity contribution in [2.45, 2.75) is 18.4 Å². The third-order valence-corrected chi connectivity index (χ3v) is 5.32.